The van der Waals surface area contributed by atoms with E-state index in [1.54, 1.807) is 0 Å². The van der Waals surface area contributed by atoms with Crippen LogP contribution in [0.2, 0.25) is 0 Å². The number of nitrogens with zero attached hydrogens (tertiary/aromatic N) is 4. The fourth-order valence-electron chi connectivity index (χ4n) is 3.95. The second-order valence-corrected chi connectivity index (χ2v) is 7.42. The first-order chi connectivity index (χ1) is 12.1. The third kappa shape index (κ3) is 4.40. The minimum atomic E-state index is -0.243. The van der Waals surface area contributed by atoms with Gasteiger partial charge in [0.1, 0.15) is 6.07 Å². The first-order valence-electron chi connectivity index (χ1n) is 9.14. The highest BCUT2D eigenvalue weighted by Crippen LogP contribution is 2.22. The lowest BCUT2D eigenvalue weighted by atomic mass is 9.96. The van der Waals surface area contributed by atoms with E-state index < -0.39 is 0 Å². The molecule has 0 spiro atoms. The minimum absolute atomic E-state index is 0.243. The zero-order valence-electron chi connectivity index (χ0n) is 15.2. The molecule has 2 aromatic rings. The second-order valence-electron chi connectivity index (χ2n) is 7.42. The number of rotatable bonds is 6. The van der Waals surface area contributed by atoms with Gasteiger partial charge in [-0.15, -0.1) is 0 Å². The lowest BCUT2D eigenvalue weighted by molar-refractivity contribution is 0.0919. The van der Waals surface area contributed by atoms with Crippen LogP contribution in [0.4, 0.5) is 0 Å². The van der Waals surface area contributed by atoms with Gasteiger partial charge in [0, 0.05) is 37.6 Å². The molecule has 1 fully saturated rings. The summed E-state index contributed by atoms with van der Waals surface area (Å²) in [5.41, 5.74) is 2.88. The fourth-order valence-corrected chi connectivity index (χ4v) is 3.95. The highest BCUT2D eigenvalue weighted by molar-refractivity contribution is 5.65. The zero-order chi connectivity index (χ0) is 17.8. The van der Waals surface area contributed by atoms with Gasteiger partial charge in [0.25, 0.3) is 0 Å². The van der Waals surface area contributed by atoms with Gasteiger partial charge in [-0.2, -0.15) is 5.26 Å². The average molecular weight is 340 g/mol. The normalized spacial score (nSPS) is 17.9. The van der Waals surface area contributed by atoms with E-state index in [1.807, 2.05) is 35.7 Å². The number of aliphatic hydroxyl groups excluding tert-OH is 1. The van der Waals surface area contributed by atoms with E-state index in [0.29, 0.717) is 5.92 Å². The number of hydrogen-bond acceptors (Lipinski definition) is 4. The smallest absolute Gasteiger partial charge is 0.102 e. The first kappa shape index (κ1) is 17.9. The van der Waals surface area contributed by atoms with Crippen LogP contribution >= 0.6 is 0 Å². The summed E-state index contributed by atoms with van der Waals surface area (Å²) < 4.78 is 2.04. The SMILES string of the molecule is CC(O)CN1CCC(CN(C)Cc2cn3ccccc3c2C#N)CC1. The van der Waals surface area contributed by atoms with Crippen LogP contribution in [0.3, 0.4) is 0 Å². The topological polar surface area (TPSA) is 54.9 Å². The summed E-state index contributed by atoms with van der Waals surface area (Å²) in [6.07, 6.45) is 6.19. The minimum Gasteiger partial charge on any atom is -0.392 e. The van der Waals surface area contributed by atoms with Gasteiger partial charge >= 0.3 is 0 Å². The molecule has 5 heteroatoms. The van der Waals surface area contributed by atoms with Crippen LogP contribution < -0.4 is 0 Å². The molecule has 2 aromatic heterocycles. The molecule has 5 nitrogen and oxygen atoms in total. The summed E-state index contributed by atoms with van der Waals surface area (Å²) in [4.78, 5) is 4.69. The molecule has 134 valence electrons. The number of fused-ring (bicyclic) bond motifs is 1. The molecular formula is C20H28N4O. The van der Waals surface area contributed by atoms with Gasteiger partial charge in [0.15, 0.2) is 0 Å². The van der Waals surface area contributed by atoms with Gasteiger partial charge < -0.3 is 19.3 Å². The number of aliphatic hydroxyl groups is 1. The van der Waals surface area contributed by atoms with Gasteiger partial charge in [-0.3, -0.25) is 0 Å². The quantitative estimate of drug-likeness (QED) is 0.877. The molecule has 0 saturated carbocycles. The van der Waals surface area contributed by atoms with Crippen molar-refractivity contribution in [2.24, 2.45) is 5.92 Å². The van der Waals surface area contributed by atoms with Gasteiger partial charge in [0.05, 0.1) is 17.2 Å². The number of hydrogen-bond donors (Lipinski definition) is 1. The summed E-state index contributed by atoms with van der Waals surface area (Å²) in [6.45, 7) is 6.64. The van der Waals surface area contributed by atoms with Crippen molar-refractivity contribution in [2.75, 3.05) is 33.2 Å². The van der Waals surface area contributed by atoms with Crippen LogP contribution in [0, 0.1) is 17.2 Å². The van der Waals surface area contributed by atoms with Crippen LogP contribution in [0.15, 0.2) is 30.6 Å². The molecule has 0 aromatic carbocycles. The third-order valence-corrected chi connectivity index (χ3v) is 5.11. The zero-order valence-corrected chi connectivity index (χ0v) is 15.2. The number of β-amino-alcohol motifs (C(OH)–C–C–N with tert-alkyl or cyclic N) is 1. The molecule has 25 heavy (non-hydrogen) atoms. The maximum atomic E-state index is 9.53. The lowest BCUT2D eigenvalue weighted by Gasteiger charge is -2.34. The second kappa shape index (κ2) is 8.01. The Hall–Kier alpha value is -1.87. The van der Waals surface area contributed by atoms with Crippen molar-refractivity contribution in [3.05, 3.63) is 41.7 Å². The van der Waals surface area contributed by atoms with E-state index in [1.165, 1.54) is 12.8 Å². The Bertz CT molecular complexity index is 738. The summed E-state index contributed by atoms with van der Waals surface area (Å²) in [5.74, 6) is 0.692. The largest absolute Gasteiger partial charge is 0.392 e. The number of pyridine rings is 1. The Labute approximate surface area is 150 Å². The van der Waals surface area contributed by atoms with Crippen molar-refractivity contribution in [1.82, 2.24) is 14.2 Å². The Balaban J connectivity index is 1.57. The molecule has 0 radical (unpaired) electrons. The molecule has 0 bridgehead atoms. The van der Waals surface area contributed by atoms with E-state index >= 15 is 0 Å². The van der Waals surface area contributed by atoms with E-state index in [-0.39, 0.29) is 6.10 Å². The predicted octanol–water partition coefficient (Wildman–Crippen LogP) is 2.34. The molecule has 3 rings (SSSR count). The first-order valence-corrected chi connectivity index (χ1v) is 9.14. The molecular weight excluding hydrogens is 312 g/mol. The lowest BCUT2D eigenvalue weighted by Crippen LogP contribution is -2.40. The maximum Gasteiger partial charge on any atom is 0.102 e. The van der Waals surface area contributed by atoms with Crippen LogP contribution in [0.25, 0.3) is 5.52 Å². The number of likely N-dealkylation sites (tertiary alicyclic amines) is 1. The maximum absolute atomic E-state index is 9.53. The van der Waals surface area contributed by atoms with Crippen molar-refractivity contribution in [3.8, 4) is 6.07 Å². The molecule has 1 N–H and O–H groups in total. The number of aromatic nitrogens is 1. The fraction of sp³-hybridized carbons (Fsp3) is 0.550. The summed E-state index contributed by atoms with van der Waals surface area (Å²) >= 11 is 0. The van der Waals surface area contributed by atoms with Crippen molar-refractivity contribution in [2.45, 2.75) is 32.4 Å². The van der Waals surface area contributed by atoms with Crippen LogP contribution in [-0.4, -0.2) is 58.6 Å². The van der Waals surface area contributed by atoms with Crippen molar-refractivity contribution in [1.29, 1.82) is 5.26 Å². The van der Waals surface area contributed by atoms with Gasteiger partial charge in [0.2, 0.25) is 0 Å². The van der Waals surface area contributed by atoms with E-state index in [2.05, 4.69) is 29.1 Å². The molecule has 0 amide bonds. The molecule has 3 heterocycles. The molecule has 1 aliphatic rings. The molecule has 1 saturated heterocycles. The monoisotopic (exact) mass is 340 g/mol. The molecule has 1 aliphatic heterocycles. The average Bonchev–Trinajstić information content (AvgIpc) is 2.93. The van der Waals surface area contributed by atoms with Gasteiger partial charge in [-0.1, -0.05) is 6.07 Å². The number of piperidine rings is 1. The Kier molecular flexibility index (Phi) is 5.74. The third-order valence-electron chi connectivity index (χ3n) is 5.11. The Morgan fingerprint density at radius 2 is 2.12 bits per heavy atom. The highest BCUT2D eigenvalue weighted by atomic mass is 16.3. The predicted molar refractivity (Wildman–Crippen MR) is 99.3 cm³/mol. The standard InChI is InChI=1S/C20H28N4O/c1-16(25)12-23-9-6-17(7-10-23)13-22(2)14-18-15-24-8-4-3-5-20(24)19(18)11-21/h3-5,8,15-17,25H,6-7,9-10,12-14H2,1-2H3. The summed E-state index contributed by atoms with van der Waals surface area (Å²) in [5, 5.41) is 19.0. The van der Waals surface area contributed by atoms with Crippen LogP contribution in [0.5, 0.6) is 0 Å². The highest BCUT2D eigenvalue weighted by Gasteiger charge is 2.21. The molecule has 0 aliphatic carbocycles. The van der Waals surface area contributed by atoms with E-state index in [4.69, 9.17) is 0 Å². The summed E-state index contributed by atoms with van der Waals surface area (Å²) in [7, 11) is 2.14. The van der Waals surface area contributed by atoms with Crippen LogP contribution in [-0.2, 0) is 6.54 Å². The Morgan fingerprint density at radius 3 is 2.80 bits per heavy atom. The van der Waals surface area contributed by atoms with Crippen LogP contribution in [0.1, 0.15) is 30.9 Å². The van der Waals surface area contributed by atoms with E-state index in [9.17, 15) is 10.4 Å². The number of nitriles is 1. The molecule has 1 unspecified atom stereocenters. The van der Waals surface area contributed by atoms with Crippen molar-refractivity contribution < 1.29 is 5.11 Å². The van der Waals surface area contributed by atoms with Gasteiger partial charge in [-0.25, -0.2) is 0 Å². The summed E-state index contributed by atoms with van der Waals surface area (Å²) in [6, 6.07) is 8.34. The Morgan fingerprint density at radius 1 is 1.36 bits per heavy atom. The van der Waals surface area contributed by atoms with Gasteiger partial charge in [-0.05, 0) is 58.0 Å². The van der Waals surface area contributed by atoms with E-state index in [0.717, 1.165) is 49.4 Å². The van der Waals surface area contributed by atoms with Crippen molar-refractivity contribution >= 4 is 5.52 Å². The molecule has 1 atom stereocenters. The van der Waals surface area contributed by atoms with Crippen molar-refractivity contribution in [3.63, 3.8) is 0 Å².